The minimum atomic E-state index is -0.699. The zero-order valence-corrected chi connectivity index (χ0v) is 14.0. The molecule has 0 saturated heterocycles. The molecule has 0 fully saturated rings. The summed E-state index contributed by atoms with van der Waals surface area (Å²) in [5.41, 5.74) is 7.23. The minimum Gasteiger partial charge on any atom is -0.459 e. The van der Waals surface area contributed by atoms with Gasteiger partial charge in [0.15, 0.2) is 0 Å². The molecule has 0 amide bonds. The van der Waals surface area contributed by atoms with Gasteiger partial charge in [0.25, 0.3) is 0 Å². The average Bonchev–Trinajstić information content (AvgIpc) is 2.40. The van der Waals surface area contributed by atoms with Gasteiger partial charge in [0.1, 0.15) is 11.6 Å². The molecule has 2 N–H and O–H groups in total. The first-order valence-corrected chi connectivity index (χ1v) is 7.58. The number of nitrogens with zero attached hydrogens (tertiary/aromatic N) is 1. The number of esters is 1. The number of rotatable bonds is 3. The van der Waals surface area contributed by atoms with E-state index in [4.69, 9.17) is 10.5 Å². The number of ether oxygens (including phenoxy) is 1. The maximum atomic E-state index is 12.0. The molecule has 0 radical (unpaired) electrons. The lowest BCUT2D eigenvalue weighted by Crippen LogP contribution is -2.38. The van der Waals surface area contributed by atoms with Gasteiger partial charge in [0.05, 0.1) is 5.52 Å². The summed E-state index contributed by atoms with van der Waals surface area (Å²) >= 11 is 3.50. The molecule has 0 saturated carbocycles. The van der Waals surface area contributed by atoms with Crippen LogP contribution in [0.25, 0.3) is 10.9 Å². The molecular formula is C16H19BrN2O2. The number of hydrogen-bond donors (Lipinski definition) is 1. The highest BCUT2D eigenvalue weighted by Gasteiger charge is 2.23. The molecule has 0 aliphatic rings. The summed E-state index contributed by atoms with van der Waals surface area (Å²) in [6.07, 6.45) is 2.13. The Bertz CT molecular complexity index is 665. The van der Waals surface area contributed by atoms with Gasteiger partial charge in [-0.1, -0.05) is 28.1 Å². The summed E-state index contributed by atoms with van der Waals surface area (Å²) in [5, 5.41) is 1.01. The number of benzene rings is 1. The van der Waals surface area contributed by atoms with Gasteiger partial charge in [-0.05, 0) is 38.5 Å². The van der Waals surface area contributed by atoms with Crippen LogP contribution in [0.3, 0.4) is 0 Å². The third-order valence-electron chi connectivity index (χ3n) is 2.95. The molecule has 0 aliphatic heterocycles. The second-order valence-corrected chi connectivity index (χ2v) is 6.80. The van der Waals surface area contributed by atoms with Crippen LogP contribution < -0.4 is 5.73 Å². The average molecular weight is 351 g/mol. The number of carbonyl (C=O) groups is 1. The summed E-state index contributed by atoms with van der Waals surface area (Å²) in [5.74, 6) is -0.394. The monoisotopic (exact) mass is 350 g/mol. The van der Waals surface area contributed by atoms with Gasteiger partial charge in [-0.25, -0.2) is 0 Å². The lowest BCUT2D eigenvalue weighted by Gasteiger charge is -2.22. The molecule has 0 bridgehead atoms. The predicted octanol–water partition coefficient (Wildman–Crippen LogP) is 3.21. The van der Waals surface area contributed by atoms with E-state index < -0.39 is 17.6 Å². The molecule has 1 aromatic heterocycles. The molecule has 0 unspecified atom stereocenters. The highest BCUT2D eigenvalue weighted by Crippen LogP contribution is 2.26. The first-order valence-electron chi connectivity index (χ1n) is 6.78. The van der Waals surface area contributed by atoms with Crippen molar-refractivity contribution in [2.75, 3.05) is 0 Å². The standard InChI is InChI=1S/C16H19BrN2O2/c1-16(2,3)21-15(20)13(18)9-10-6-7-12(17)11-5-4-8-19-14(10)11/h4-8,13H,9,18H2,1-3H3/t13-/m1/s1. The normalized spacial score (nSPS) is 13.2. The molecule has 2 rings (SSSR count). The van der Waals surface area contributed by atoms with Crippen molar-refractivity contribution in [3.8, 4) is 0 Å². The Morgan fingerprint density at radius 2 is 2.10 bits per heavy atom. The van der Waals surface area contributed by atoms with Crippen molar-refractivity contribution in [2.24, 2.45) is 5.73 Å². The summed E-state index contributed by atoms with van der Waals surface area (Å²) in [4.78, 5) is 16.4. The first-order chi connectivity index (χ1) is 9.78. The van der Waals surface area contributed by atoms with Gasteiger partial charge in [0, 0.05) is 22.5 Å². The summed E-state index contributed by atoms with van der Waals surface area (Å²) < 4.78 is 6.29. The van der Waals surface area contributed by atoms with Crippen molar-refractivity contribution >= 4 is 32.8 Å². The van der Waals surface area contributed by atoms with E-state index in [9.17, 15) is 4.79 Å². The Morgan fingerprint density at radius 1 is 1.38 bits per heavy atom. The number of pyridine rings is 1. The van der Waals surface area contributed by atoms with Crippen LogP contribution in [0.15, 0.2) is 34.9 Å². The van der Waals surface area contributed by atoms with Crippen molar-refractivity contribution in [3.05, 3.63) is 40.5 Å². The Labute approximate surface area is 132 Å². The Morgan fingerprint density at radius 3 is 2.76 bits per heavy atom. The van der Waals surface area contributed by atoms with E-state index in [1.807, 2.05) is 45.0 Å². The molecule has 0 spiro atoms. The fourth-order valence-corrected chi connectivity index (χ4v) is 2.51. The quantitative estimate of drug-likeness (QED) is 0.863. The van der Waals surface area contributed by atoms with Crippen LogP contribution >= 0.6 is 15.9 Å². The molecule has 5 heteroatoms. The third-order valence-corrected chi connectivity index (χ3v) is 3.64. The largest absolute Gasteiger partial charge is 0.459 e. The van der Waals surface area contributed by atoms with E-state index >= 15 is 0 Å². The zero-order chi connectivity index (χ0) is 15.6. The third kappa shape index (κ3) is 4.02. The predicted molar refractivity (Wildman–Crippen MR) is 87.0 cm³/mol. The van der Waals surface area contributed by atoms with Gasteiger partial charge in [-0.2, -0.15) is 0 Å². The van der Waals surface area contributed by atoms with Gasteiger partial charge < -0.3 is 10.5 Å². The summed E-state index contributed by atoms with van der Waals surface area (Å²) in [6, 6.07) is 7.04. The van der Waals surface area contributed by atoms with E-state index in [2.05, 4.69) is 20.9 Å². The lowest BCUT2D eigenvalue weighted by molar-refractivity contribution is -0.156. The lowest BCUT2D eigenvalue weighted by atomic mass is 10.0. The van der Waals surface area contributed by atoms with Crippen LogP contribution in [-0.4, -0.2) is 22.6 Å². The second-order valence-electron chi connectivity index (χ2n) is 5.95. The Balaban J connectivity index is 2.24. The van der Waals surface area contributed by atoms with Crippen LogP contribution in [0, 0.1) is 0 Å². The maximum Gasteiger partial charge on any atom is 0.323 e. The SMILES string of the molecule is CC(C)(C)OC(=O)[C@H](N)Cc1ccc(Br)c2cccnc12. The number of hydrogen-bond acceptors (Lipinski definition) is 4. The van der Waals surface area contributed by atoms with Crippen LogP contribution in [0.1, 0.15) is 26.3 Å². The van der Waals surface area contributed by atoms with Crippen molar-refractivity contribution in [2.45, 2.75) is 38.8 Å². The molecule has 2 aromatic rings. The highest BCUT2D eigenvalue weighted by molar-refractivity contribution is 9.10. The first kappa shape index (κ1) is 15.9. The number of halogens is 1. The fourth-order valence-electron chi connectivity index (χ4n) is 2.06. The molecule has 4 nitrogen and oxygen atoms in total. The smallest absolute Gasteiger partial charge is 0.323 e. The zero-order valence-electron chi connectivity index (χ0n) is 12.4. The van der Waals surface area contributed by atoms with Gasteiger partial charge in [-0.3, -0.25) is 9.78 Å². The van der Waals surface area contributed by atoms with Crippen molar-refractivity contribution in [1.82, 2.24) is 4.98 Å². The van der Waals surface area contributed by atoms with Gasteiger partial charge in [0.2, 0.25) is 0 Å². The number of nitrogens with two attached hydrogens (primary N) is 1. The molecule has 0 aliphatic carbocycles. The van der Waals surface area contributed by atoms with Crippen molar-refractivity contribution in [3.63, 3.8) is 0 Å². The number of carbonyl (C=O) groups excluding carboxylic acids is 1. The molecule has 21 heavy (non-hydrogen) atoms. The molecule has 112 valence electrons. The van der Waals surface area contributed by atoms with E-state index in [-0.39, 0.29) is 0 Å². The van der Waals surface area contributed by atoms with Crippen molar-refractivity contribution < 1.29 is 9.53 Å². The van der Waals surface area contributed by atoms with E-state index in [1.54, 1.807) is 6.20 Å². The summed E-state index contributed by atoms with van der Waals surface area (Å²) in [6.45, 7) is 5.48. The van der Waals surface area contributed by atoms with E-state index in [0.29, 0.717) is 6.42 Å². The Hall–Kier alpha value is -1.46. The highest BCUT2D eigenvalue weighted by atomic mass is 79.9. The van der Waals surface area contributed by atoms with Crippen LogP contribution in [0.4, 0.5) is 0 Å². The van der Waals surface area contributed by atoms with Crippen LogP contribution in [-0.2, 0) is 16.0 Å². The van der Waals surface area contributed by atoms with Crippen LogP contribution in [0.2, 0.25) is 0 Å². The fraction of sp³-hybridized carbons (Fsp3) is 0.375. The Kier molecular flexibility index (Phi) is 4.64. The molecule has 1 aromatic carbocycles. The summed E-state index contributed by atoms with van der Waals surface area (Å²) in [7, 11) is 0. The topological polar surface area (TPSA) is 65.2 Å². The maximum absolute atomic E-state index is 12.0. The van der Waals surface area contributed by atoms with Crippen molar-refractivity contribution in [1.29, 1.82) is 0 Å². The van der Waals surface area contributed by atoms with Gasteiger partial charge in [-0.15, -0.1) is 0 Å². The minimum absolute atomic E-state index is 0.394. The number of aromatic nitrogens is 1. The molecular weight excluding hydrogens is 332 g/mol. The van der Waals surface area contributed by atoms with Gasteiger partial charge >= 0.3 is 5.97 Å². The number of fused-ring (bicyclic) bond motifs is 1. The molecule has 1 atom stereocenters. The second kappa shape index (κ2) is 6.12. The van der Waals surface area contributed by atoms with Crippen LogP contribution in [0.5, 0.6) is 0 Å². The van der Waals surface area contributed by atoms with E-state index in [0.717, 1.165) is 20.9 Å². The molecule has 1 heterocycles. The van der Waals surface area contributed by atoms with E-state index in [1.165, 1.54) is 0 Å².